The molecule has 0 aromatic carbocycles. The van der Waals surface area contributed by atoms with Crippen molar-refractivity contribution in [1.29, 1.82) is 0 Å². The van der Waals surface area contributed by atoms with E-state index < -0.39 is 12.1 Å². The molecule has 0 radical (unpaired) electrons. The Morgan fingerprint density at radius 3 is 2.57 bits per heavy atom. The number of aliphatic carboxylic acids is 1. The third kappa shape index (κ3) is 8.25. The summed E-state index contributed by atoms with van der Waals surface area (Å²) in [6.07, 6.45) is 13.7. The molecule has 1 heterocycles. The normalized spacial score (nSPS) is 30.9. The zero-order valence-corrected chi connectivity index (χ0v) is 19.5. The van der Waals surface area contributed by atoms with Crippen LogP contribution >= 0.6 is 0 Å². The Morgan fingerprint density at radius 1 is 1.30 bits per heavy atom. The highest BCUT2D eigenvalue weighted by molar-refractivity contribution is 5.71. The predicted molar refractivity (Wildman–Crippen MR) is 120 cm³/mol. The highest BCUT2D eigenvalue weighted by Crippen LogP contribution is 2.42. The van der Waals surface area contributed by atoms with E-state index in [4.69, 9.17) is 9.84 Å². The molecule has 6 atom stereocenters. The average molecular weight is 423 g/mol. The summed E-state index contributed by atoms with van der Waals surface area (Å²) in [5.74, 6) is 0.799. The summed E-state index contributed by atoms with van der Waals surface area (Å²) in [5.41, 5.74) is 1.52. The van der Waals surface area contributed by atoms with Gasteiger partial charge in [0.05, 0.1) is 18.4 Å². The summed E-state index contributed by atoms with van der Waals surface area (Å²) < 4.78 is 5.39. The van der Waals surface area contributed by atoms with Gasteiger partial charge in [0.25, 0.3) is 0 Å². The van der Waals surface area contributed by atoms with Gasteiger partial charge >= 0.3 is 11.9 Å². The summed E-state index contributed by atoms with van der Waals surface area (Å²) >= 11 is 0. The van der Waals surface area contributed by atoms with Crippen LogP contribution in [0.15, 0.2) is 23.8 Å². The Morgan fingerprint density at radius 2 is 2.00 bits per heavy atom. The molecule has 1 fully saturated rings. The Labute approximate surface area is 182 Å². The molecule has 0 amide bonds. The largest absolute Gasteiger partial charge is 0.481 e. The number of aliphatic hydroxyl groups excluding tert-OH is 1. The summed E-state index contributed by atoms with van der Waals surface area (Å²) in [6, 6.07) is 0. The minimum Gasteiger partial charge on any atom is -0.481 e. The lowest BCUT2D eigenvalue weighted by atomic mass is 9.68. The maximum absolute atomic E-state index is 11.4. The first-order valence-corrected chi connectivity index (χ1v) is 11.8. The fourth-order valence-electron chi connectivity index (χ4n) is 4.40. The lowest BCUT2D eigenvalue weighted by Crippen LogP contribution is -2.34. The van der Waals surface area contributed by atoms with Crippen LogP contribution in [0, 0.1) is 23.7 Å². The van der Waals surface area contributed by atoms with Gasteiger partial charge in [0.1, 0.15) is 6.10 Å². The monoisotopic (exact) mass is 422 g/mol. The van der Waals surface area contributed by atoms with Crippen LogP contribution in [0.4, 0.5) is 0 Å². The number of rotatable bonds is 5. The van der Waals surface area contributed by atoms with Gasteiger partial charge < -0.3 is 14.9 Å². The van der Waals surface area contributed by atoms with E-state index in [1.165, 1.54) is 24.8 Å². The third-order valence-corrected chi connectivity index (χ3v) is 6.40. The standard InChI is InChI=1S/C18H26O3.C5H10O2.C2H6/c1-12-6-7-13-4-2-3-5-17(13)16(12)9-8-15-10-14(19)11-18(20)21-15;1-3-4(2)5(6)7;1-2/h4,6-7,12,14-17,19H,2-3,5,8-11H2,1H3;4H,3H2,1-2H3,(H,6,7);1-2H3/t12-,14+,15+,16-,17-;;/m0../s1. The molecule has 2 N–H and O–H groups in total. The number of hydrogen-bond donors (Lipinski definition) is 2. The number of hydrogen-bond acceptors (Lipinski definition) is 4. The molecule has 0 aromatic heterocycles. The van der Waals surface area contributed by atoms with Gasteiger partial charge in [-0.2, -0.15) is 0 Å². The zero-order valence-electron chi connectivity index (χ0n) is 19.5. The smallest absolute Gasteiger partial charge is 0.308 e. The van der Waals surface area contributed by atoms with Gasteiger partial charge in [-0.05, 0) is 61.9 Å². The molecule has 1 aliphatic heterocycles. The highest BCUT2D eigenvalue weighted by Gasteiger charge is 2.34. The van der Waals surface area contributed by atoms with E-state index in [0.29, 0.717) is 24.2 Å². The molecule has 0 saturated carbocycles. The van der Waals surface area contributed by atoms with E-state index in [1.54, 1.807) is 6.92 Å². The van der Waals surface area contributed by atoms with Crippen molar-refractivity contribution in [2.45, 2.75) is 98.2 Å². The van der Waals surface area contributed by atoms with Crippen molar-refractivity contribution in [3.05, 3.63) is 23.8 Å². The van der Waals surface area contributed by atoms with E-state index in [-0.39, 0.29) is 24.4 Å². The van der Waals surface area contributed by atoms with Crippen molar-refractivity contribution in [3.8, 4) is 0 Å². The predicted octanol–water partition coefficient (Wildman–Crippen LogP) is 5.53. The maximum atomic E-state index is 11.4. The summed E-state index contributed by atoms with van der Waals surface area (Å²) in [5, 5.41) is 17.9. The second-order valence-corrected chi connectivity index (χ2v) is 8.55. The van der Waals surface area contributed by atoms with E-state index >= 15 is 0 Å². The minimum absolute atomic E-state index is 0.0876. The SMILES string of the molecule is CC.CCC(C)C(=O)O.C[C@H]1C=CC2=CCCC[C@@H]2[C@H]1CC[C@@H]1C[C@@H](O)CC(=O)O1. The number of carbonyl (C=O) groups excluding carboxylic acids is 1. The first kappa shape index (κ1) is 26.4. The van der Waals surface area contributed by atoms with Crippen molar-refractivity contribution >= 4 is 11.9 Å². The lowest BCUT2D eigenvalue weighted by Gasteiger charge is -2.38. The number of allylic oxidation sites excluding steroid dienone is 4. The average Bonchev–Trinajstić information content (AvgIpc) is 2.73. The van der Waals surface area contributed by atoms with Gasteiger partial charge in [0.15, 0.2) is 0 Å². The molecule has 3 rings (SSSR count). The van der Waals surface area contributed by atoms with Gasteiger partial charge in [-0.1, -0.05) is 52.8 Å². The minimum atomic E-state index is -0.706. The summed E-state index contributed by atoms with van der Waals surface area (Å²) in [4.78, 5) is 21.4. The van der Waals surface area contributed by atoms with Crippen LogP contribution in [0.25, 0.3) is 0 Å². The Hall–Kier alpha value is -1.62. The Kier molecular flexibility index (Phi) is 12.0. The first-order chi connectivity index (χ1) is 14.3. The molecule has 5 nitrogen and oxygen atoms in total. The molecule has 1 saturated heterocycles. The van der Waals surface area contributed by atoms with Crippen LogP contribution < -0.4 is 0 Å². The molecule has 1 unspecified atom stereocenters. The lowest BCUT2D eigenvalue weighted by molar-refractivity contribution is -0.160. The van der Waals surface area contributed by atoms with Gasteiger partial charge in [0, 0.05) is 6.42 Å². The number of cyclic esters (lactones) is 1. The summed E-state index contributed by atoms with van der Waals surface area (Å²) in [6.45, 7) is 9.86. The quantitative estimate of drug-likeness (QED) is 0.570. The summed E-state index contributed by atoms with van der Waals surface area (Å²) in [7, 11) is 0. The fourth-order valence-corrected chi connectivity index (χ4v) is 4.40. The van der Waals surface area contributed by atoms with Crippen LogP contribution in [-0.4, -0.2) is 34.4 Å². The molecule has 172 valence electrons. The zero-order chi connectivity index (χ0) is 22.7. The highest BCUT2D eigenvalue weighted by atomic mass is 16.5. The number of carboxylic acid groups (broad SMARTS) is 1. The van der Waals surface area contributed by atoms with Crippen LogP contribution in [-0.2, 0) is 14.3 Å². The third-order valence-electron chi connectivity index (χ3n) is 6.40. The van der Waals surface area contributed by atoms with Gasteiger partial charge in [-0.15, -0.1) is 0 Å². The van der Waals surface area contributed by atoms with E-state index in [9.17, 15) is 14.7 Å². The van der Waals surface area contributed by atoms with E-state index in [1.807, 2.05) is 20.8 Å². The molecule has 3 aliphatic rings. The van der Waals surface area contributed by atoms with Crippen molar-refractivity contribution in [2.75, 3.05) is 0 Å². The van der Waals surface area contributed by atoms with Gasteiger partial charge in [-0.25, -0.2) is 0 Å². The van der Waals surface area contributed by atoms with Gasteiger partial charge in [0.2, 0.25) is 0 Å². The number of fused-ring (bicyclic) bond motifs is 1. The van der Waals surface area contributed by atoms with Crippen LogP contribution in [0.3, 0.4) is 0 Å². The topological polar surface area (TPSA) is 83.8 Å². The van der Waals surface area contributed by atoms with Crippen molar-refractivity contribution in [2.24, 2.45) is 23.7 Å². The van der Waals surface area contributed by atoms with Crippen molar-refractivity contribution in [1.82, 2.24) is 0 Å². The van der Waals surface area contributed by atoms with Crippen LogP contribution in [0.5, 0.6) is 0 Å². The number of carbonyl (C=O) groups is 2. The number of esters is 1. The molecule has 0 aromatic rings. The molecule has 0 spiro atoms. The molecular weight excluding hydrogens is 380 g/mol. The first-order valence-electron chi connectivity index (χ1n) is 11.8. The second kappa shape index (κ2) is 13.6. The Bertz CT molecular complexity index is 594. The van der Waals surface area contributed by atoms with Crippen LogP contribution in [0.1, 0.15) is 86.0 Å². The second-order valence-electron chi connectivity index (χ2n) is 8.55. The molecular formula is C25H42O5. The van der Waals surface area contributed by atoms with E-state index in [2.05, 4.69) is 25.2 Å². The van der Waals surface area contributed by atoms with Crippen LogP contribution in [0.2, 0.25) is 0 Å². The number of carboxylic acids is 1. The Balaban J connectivity index is 0.000000428. The molecule has 0 bridgehead atoms. The van der Waals surface area contributed by atoms with Crippen molar-refractivity contribution in [3.63, 3.8) is 0 Å². The fraction of sp³-hybridized carbons (Fsp3) is 0.760. The molecule has 2 aliphatic carbocycles. The van der Waals surface area contributed by atoms with E-state index in [0.717, 1.165) is 19.3 Å². The number of aliphatic hydroxyl groups is 1. The number of ether oxygens (including phenoxy) is 1. The maximum Gasteiger partial charge on any atom is 0.308 e. The molecule has 30 heavy (non-hydrogen) atoms. The van der Waals surface area contributed by atoms with Gasteiger partial charge in [-0.3, -0.25) is 9.59 Å². The molecule has 5 heteroatoms. The van der Waals surface area contributed by atoms with Crippen molar-refractivity contribution < 1.29 is 24.5 Å².